The first kappa shape index (κ1) is 17.4. The molecule has 5 rings (SSSR count). The van der Waals surface area contributed by atoms with Crippen LogP contribution in [-0.2, 0) is 0 Å². The molecule has 1 atom stereocenters. The van der Waals surface area contributed by atoms with Gasteiger partial charge < -0.3 is 10.1 Å². The summed E-state index contributed by atoms with van der Waals surface area (Å²) in [6, 6.07) is 4.07. The maximum absolute atomic E-state index is 13.0. The molecule has 4 aliphatic carbocycles. The van der Waals surface area contributed by atoms with Gasteiger partial charge in [0.15, 0.2) is 0 Å². The van der Waals surface area contributed by atoms with Crippen LogP contribution < -0.4 is 10.1 Å². The zero-order valence-electron chi connectivity index (χ0n) is 15.4. The van der Waals surface area contributed by atoms with E-state index >= 15 is 0 Å². The number of hydrogen-bond donors (Lipinski definition) is 1. The lowest BCUT2D eigenvalue weighted by Gasteiger charge is -2.59. The van der Waals surface area contributed by atoms with E-state index in [0.29, 0.717) is 16.7 Å². The molecule has 4 heteroatoms. The molecule has 136 valence electrons. The molecule has 0 spiro atoms. The van der Waals surface area contributed by atoms with Gasteiger partial charge in [0.1, 0.15) is 5.75 Å². The summed E-state index contributed by atoms with van der Waals surface area (Å²) >= 11 is 3.51. The van der Waals surface area contributed by atoms with E-state index in [4.69, 9.17) is 4.74 Å². The lowest BCUT2D eigenvalue weighted by Crippen LogP contribution is -2.55. The number of halogens is 1. The average Bonchev–Trinajstić information content (AvgIpc) is 2.52. The standard InChI is InChI=1S/C21H28BrNO2/c1-12-4-17(22)8-18(19(12)25-3)20(24)23-13(2)21-9-14-5-15(10-21)7-16(6-14)11-21/h4,8,13-16H,5-7,9-11H2,1-3H3,(H,23,24). The van der Waals surface area contributed by atoms with Crippen molar-refractivity contribution in [3.8, 4) is 5.75 Å². The van der Waals surface area contributed by atoms with Gasteiger partial charge in [0.05, 0.1) is 12.7 Å². The molecule has 1 unspecified atom stereocenters. The fourth-order valence-electron chi connectivity index (χ4n) is 6.30. The summed E-state index contributed by atoms with van der Waals surface area (Å²) < 4.78 is 6.42. The van der Waals surface area contributed by atoms with Crippen LogP contribution in [-0.4, -0.2) is 19.1 Å². The lowest BCUT2D eigenvalue weighted by molar-refractivity contribution is -0.0688. The summed E-state index contributed by atoms with van der Waals surface area (Å²) in [5, 5.41) is 3.34. The average molecular weight is 406 g/mol. The van der Waals surface area contributed by atoms with Gasteiger partial charge in [-0.05, 0) is 93.2 Å². The molecule has 1 aromatic carbocycles. The number of benzene rings is 1. The third kappa shape index (κ3) is 3.01. The van der Waals surface area contributed by atoms with Crippen molar-refractivity contribution in [2.45, 2.75) is 58.4 Å². The molecule has 4 fully saturated rings. The second-order valence-corrected chi connectivity index (χ2v) is 9.69. The van der Waals surface area contributed by atoms with Gasteiger partial charge in [-0.2, -0.15) is 0 Å². The second kappa shape index (κ2) is 6.29. The molecule has 0 aliphatic heterocycles. The highest BCUT2D eigenvalue weighted by Crippen LogP contribution is 2.61. The lowest BCUT2D eigenvalue weighted by atomic mass is 9.48. The van der Waals surface area contributed by atoms with Gasteiger partial charge in [0.25, 0.3) is 5.91 Å². The van der Waals surface area contributed by atoms with Crippen molar-refractivity contribution in [2.24, 2.45) is 23.2 Å². The molecular formula is C21H28BrNO2. The van der Waals surface area contributed by atoms with E-state index < -0.39 is 0 Å². The van der Waals surface area contributed by atoms with Crippen LogP contribution in [0.1, 0.15) is 61.4 Å². The van der Waals surface area contributed by atoms with Crippen LogP contribution in [0.15, 0.2) is 16.6 Å². The van der Waals surface area contributed by atoms with Crippen molar-refractivity contribution in [2.75, 3.05) is 7.11 Å². The SMILES string of the molecule is COc1c(C)cc(Br)cc1C(=O)NC(C)C12CC3CC(CC(C3)C1)C2. The molecule has 1 amide bonds. The van der Waals surface area contributed by atoms with Crippen LogP contribution in [0, 0.1) is 30.1 Å². The Labute approximate surface area is 159 Å². The monoisotopic (exact) mass is 405 g/mol. The van der Waals surface area contributed by atoms with E-state index in [9.17, 15) is 4.79 Å². The highest BCUT2D eigenvalue weighted by Gasteiger charge is 2.53. The van der Waals surface area contributed by atoms with Crippen molar-refractivity contribution in [1.82, 2.24) is 5.32 Å². The minimum Gasteiger partial charge on any atom is -0.496 e. The van der Waals surface area contributed by atoms with E-state index in [1.54, 1.807) is 7.11 Å². The zero-order chi connectivity index (χ0) is 17.8. The van der Waals surface area contributed by atoms with Gasteiger partial charge in [-0.15, -0.1) is 0 Å². The Morgan fingerprint density at radius 2 is 1.76 bits per heavy atom. The molecule has 0 aromatic heterocycles. The molecule has 4 aliphatic rings. The number of rotatable bonds is 4. The van der Waals surface area contributed by atoms with Crippen LogP contribution in [0.3, 0.4) is 0 Å². The minimum absolute atomic E-state index is 0.00973. The third-order valence-electron chi connectivity index (χ3n) is 7.04. The summed E-state index contributed by atoms with van der Waals surface area (Å²) in [6.07, 6.45) is 8.19. The molecule has 4 saturated carbocycles. The summed E-state index contributed by atoms with van der Waals surface area (Å²) in [7, 11) is 1.63. The third-order valence-corrected chi connectivity index (χ3v) is 7.50. The first-order valence-electron chi connectivity index (χ1n) is 9.55. The van der Waals surface area contributed by atoms with Gasteiger partial charge in [-0.1, -0.05) is 15.9 Å². The molecular weight excluding hydrogens is 378 g/mol. The maximum atomic E-state index is 13.0. The summed E-state index contributed by atoms with van der Waals surface area (Å²) in [6.45, 7) is 4.20. The van der Waals surface area contributed by atoms with Crippen molar-refractivity contribution in [3.63, 3.8) is 0 Å². The fraction of sp³-hybridized carbons (Fsp3) is 0.667. The van der Waals surface area contributed by atoms with Crippen LogP contribution in [0.5, 0.6) is 5.75 Å². The fourth-order valence-corrected chi connectivity index (χ4v) is 6.88. The predicted octanol–water partition coefficient (Wildman–Crippen LogP) is 5.10. The van der Waals surface area contributed by atoms with E-state index in [1.807, 2.05) is 19.1 Å². The molecule has 0 radical (unpaired) electrons. The maximum Gasteiger partial charge on any atom is 0.255 e. The Morgan fingerprint density at radius 1 is 1.20 bits per heavy atom. The number of ether oxygens (including phenoxy) is 1. The number of aryl methyl sites for hydroxylation is 1. The van der Waals surface area contributed by atoms with Gasteiger partial charge in [0.2, 0.25) is 0 Å². The number of methoxy groups -OCH3 is 1. The van der Waals surface area contributed by atoms with E-state index in [1.165, 1.54) is 38.5 Å². The molecule has 3 nitrogen and oxygen atoms in total. The first-order chi connectivity index (χ1) is 11.9. The largest absolute Gasteiger partial charge is 0.496 e. The van der Waals surface area contributed by atoms with Crippen LogP contribution in [0.25, 0.3) is 0 Å². The molecule has 25 heavy (non-hydrogen) atoms. The van der Waals surface area contributed by atoms with Crippen molar-refractivity contribution >= 4 is 21.8 Å². The highest BCUT2D eigenvalue weighted by molar-refractivity contribution is 9.10. The summed E-state index contributed by atoms with van der Waals surface area (Å²) in [5.74, 6) is 3.36. The van der Waals surface area contributed by atoms with E-state index in [2.05, 4.69) is 28.2 Å². The van der Waals surface area contributed by atoms with E-state index in [-0.39, 0.29) is 11.9 Å². The van der Waals surface area contributed by atoms with Crippen LogP contribution in [0.2, 0.25) is 0 Å². The molecule has 0 saturated heterocycles. The second-order valence-electron chi connectivity index (χ2n) is 8.78. The number of hydrogen-bond acceptors (Lipinski definition) is 2. The van der Waals surface area contributed by atoms with Gasteiger partial charge in [-0.3, -0.25) is 4.79 Å². The Bertz CT molecular complexity index is 664. The molecule has 4 bridgehead atoms. The Morgan fingerprint density at radius 3 is 2.28 bits per heavy atom. The molecule has 1 aromatic rings. The van der Waals surface area contributed by atoms with Gasteiger partial charge in [-0.25, -0.2) is 0 Å². The Kier molecular flexibility index (Phi) is 4.38. The summed E-state index contributed by atoms with van der Waals surface area (Å²) in [4.78, 5) is 13.0. The first-order valence-corrected chi connectivity index (χ1v) is 10.3. The van der Waals surface area contributed by atoms with Crippen molar-refractivity contribution in [3.05, 3.63) is 27.7 Å². The van der Waals surface area contributed by atoms with Crippen molar-refractivity contribution < 1.29 is 9.53 Å². The highest BCUT2D eigenvalue weighted by atomic mass is 79.9. The smallest absolute Gasteiger partial charge is 0.255 e. The van der Waals surface area contributed by atoms with Crippen molar-refractivity contribution in [1.29, 1.82) is 0 Å². The Hall–Kier alpha value is -1.03. The minimum atomic E-state index is -0.00973. The predicted molar refractivity (Wildman–Crippen MR) is 103 cm³/mol. The number of carbonyl (C=O) groups excluding carboxylic acids is 1. The number of nitrogens with one attached hydrogen (secondary N) is 1. The molecule has 1 N–H and O–H groups in total. The normalized spacial score (nSPS) is 34.0. The number of carbonyl (C=O) groups is 1. The Balaban J connectivity index is 1.55. The topological polar surface area (TPSA) is 38.3 Å². The van der Waals surface area contributed by atoms with Crippen LogP contribution >= 0.6 is 15.9 Å². The van der Waals surface area contributed by atoms with Crippen LogP contribution in [0.4, 0.5) is 0 Å². The number of amides is 1. The van der Waals surface area contributed by atoms with E-state index in [0.717, 1.165) is 27.8 Å². The summed E-state index contributed by atoms with van der Waals surface area (Å²) in [5.41, 5.74) is 1.93. The molecule has 0 heterocycles. The van der Waals surface area contributed by atoms with Gasteiger partial charge >= 0.3 is 0 Å². The zero-order valence-corrected chi connectivity index (χ0v) is 17.0. The van der Waals surface area contributed by atoms with Gasteiger partial charge in [0, 0.05) is 10.5 Å². The quantitative estimate of drug-likeness (QED) is 0.756.